The smallest absolute Gasteiger partial charge is 0.319 e. The van der Waals surface area contributed by atoms with Gasteiger partial charge in [-0.15, -0.1) is 0 Å². The first-order chi connectivity index (χ1) is 10.4. The standard InChI is InChI=1S/C16H21N5O/c1-16(2,3)18-15(22)20-10-8-14(20)21-11-7-13(19-21)12-6-4-5-9-17-12/h4-7,9,11,14H,8,10H2,1-3H3,(H,18,22). The SMILES string of the molecule is CC(C)(C)NC(=O)N1CCC1n1ccc(-c2ccccn2)n1. The average molecular weight is 299 g/mol. The summed E-state index contributed by atoms with van der Waals surface area (Å²) < 4.78 is 1.84. The Kier molecular flexibility index (Phi) is 3.60. The topological polar surface area (TPSA) is 63.1 Å². The summed E-state index contributed by atoms with van der Waals surface area (Å²) in [4.78, 5) is 18.4. The summed E-state index contributed by atoms with van der Waals surface area (Å²) in [5.41, 5.74) is 1.43. The minimum absolute atomic E-state index is 0.0141. The molecule has 22 heavy (non-hydrogen) atoms. The Bertz CT molecular complexity index is 659. The van der Waals surface area contributed by atoms with Crippen molar-refractivity contribution in [3.05, 3.63) is 36.7 Å². The first-order valence-electron chi connectivity index (χ1n) is 7.49. The second-order valence-corrected chi connectivity index (χ2v) is 6.54. The minimum atomic E-state index is -0.236. The van der Waals surface area contributed by atoms with E-state index in [9.17, 15) is 4.79 Å². The largest absolute Gasteiger partial charge is 0.333 e. The van der Waals surface area contributed by atoms with Gasteiger partial charge in [0.05, 0.1) is 5.69 Å². The molecule has 1 fully saturated rings. The molecule has 1 aliphatic rings. The Labute approximate surface area is 130 Å². The van der Waals surface area contributed by atoms with Crippen molar-refractivity contribution in [2.24, 2.45) is 0 Å². The summed E-state index contributed by atoms with van der Waals surface area (Å²) >= 11 is 0. The molecule has 0 aromatic carbocycles. The zero-order chi connectivity index (χ0) is 15.7. The molecule has 3 rings (SSSR count). The second-order valence-electron chi connectivity index (χ2n) is 6.54. The summed E-state index contributed by atoms with van der Waals surface area (Å²) in [6.07, 6.45) is 4.56. The molecule has 0 radical (unpaired) electrons. The van der Waals surface area contributed by atoms with Gasteiger partial charge in [-0.2, -0.15) is 5.10 Å². The third-order valence-corrected chi connectivity index (χ3v) is 3.57. The van der Waals surface area contributed by atoms with Gasteiger partial charge in [-0.3, -0.25) is 4.98 Å². The van der Waals surface area contributed by atoms with Gasteiger partial charge in [0.2, 0.25) is 0 Å². The van der Waals surface area contributed by atoms with Crippen molar-refractivity contribution >= 4 is 6.03 Å². The maximum absolute atomic E-state index is 12.3. The van der Waals surface area contributed by atoms with Crippen LogP contribution in [0.1, 0.15) is 33.4 Å². The highest BCUT2D eigenvalue weighted by Gasteiger charge is 2.35. The van der Waals surface area contributed by atoms with Gasteiger partial charge in [-0.25, -0.2) is 9.48 Å². The fourth-order valence-corrected chi connectivity index (χ4v) is 2.43. The highest BCUT2D eigenvalue weighted by atomic mass is 16.2. The van der Waals surface area contributed by atoms with Crippen molar-refractivity contribution in [1.82, 2.24) is 25.0 Å². The van der Waals surface area contributed by atoms with Gasteiger partial charge in [0.1, 0.15) is 11.9 Å². The van der Waals surface area contributed by atoms with Crippen molar-refractivity contribution in [3.63, 3.8) is 0 Å². The lowest BCUT2D eigenvalue weighted by atomic mass is 10.1. The third kappa shape index (κ3) is 2.95. The monoisotopic (exact) mass is 299 g/mol. The Morgan fingerprint density at radius 2 is 2.09 bits per heavy atom. The number of nitrogens with one attached hydrogen (secondary N) is 1. The normalized spacial score (nSPS) is 18.0. The van der Waals surface area contributed by atoms with Crippen LogP contribution in [0.4, 0.5) is 4.79 Å². The number of nitrogens with zero attached hydrogens (tertiary/aromatic N) is 4. The van der Waals surface area contributed by atoms with Crippen LogP contribution in [0, 0.1) is 0 Å². The van der Waals surface area contributed by atoms with Crippen LogP contribution in [0.3, 0.4) is 0 Å². The third-order valence-electron chi connectivity index (χ3n) is 3.57. The maximum atomic E-state index is 12.3. The van der Waals surface area contributed by atoms with E-state index in [0.717, 1.165) is 24.4 Å². The van der Waals surface area contributed by atoms with Gasteiger partial charge >= 0.3 is 6.03 Å². The molecule has 2 amide bonds. The van der Waals surface area contributed by atoms with Gasteiger partial charge in [0.25, 0.3) is 0 Å². The molecule has 1 N–H and O–H groups in total. The van der Waals surface area contributed by atoms with Crippen LogP contribution in [-0.4, -0.2) is 37.8 Å². The van der Waals surface area contributed by atoms with E-state index in [4.69, 9.17) is 0 Å². The molecule has 1 saturated heterocycles. The summed E-state index contributed by atoms with van der Waals surface area (Å²) in [6.45, 7) is 6.69. The molecule has 0 aliphatic carbocycles. The number of pyridine rings is 1. The van der Waals surface area contributed by atoms with Crippen molar-refractivity contribution < 1.29 is 4.79 Å². The Balaban J connectivity index is 1.73. The van der Waals surface area contributed by atoms with E-state index in [2.05, 4.69) is 15.4 Å². The molecule has 116 valence electrons. The molecule has 1 aliphatic heterocycles. The van der Waals surface area contributed by atoms with Crippen LogP contribution >= 0.6 is 0 Å². The van der Waals surface area contributed by atoms with Crippen LogP contribution < -0.4 is 5.32 Å². The van der Waals surface area contributed by atoms with E-state index in [1.54, 1.807) is 11.1 Å². The number of likely N-dealkylation sites (tertiary alicyclic amines) is 1. The zero-order valence-corrected chi connectivity index (χ0v) is 13.2. The number of aromatic nitrogens is 3. The predicted octanol–water partition coefficient (Wildman–Crippen LogP) is 2.66. The fraction of sp³-hybridized carbons (Fsp3) is 0.438. The van der Waals surface area contributed by atoms with E-state index in [1.165, 1.54) is 0 Å². The van der Waals surface area contributed by atoms with E-state index in [1.807, 2.05) is 55.9 Å². The molecule has 6 nitrogen and oxygen atoms in total. The number of rotatable bonds is 2. The molecule has 6 heteroatoms. The molecule has 1 unspecified atom stereocenters. The fourth-order valence-electron chi connectivity index (χ4n) is 2.43. The summed E-state index contributed by atoms with van der Waals surface area (Å²) in [7, 11) is 0. The van der Waals surface area contributed by atoms with Crippen molar-refractivity contribution in [2.75, 3.05) is 6.54 Å². The molecule has 1 atom stereocenters. The maximum Gasteiger partial charge on any atom is 0.319 e. The predicted molar refractivity (Wildman–Crippen MR) is 84.1 cm³/mol. The van der Waals surface area contributed by atoms with Crippen LogP contribution in [-0.2, 0) is 0 Å². The first-order valence-corrected chi connectivity index (χ1v) is 7.49. The van der Waals surface area contributed by atoms with Crippen molar-refractivity contribution in [3.8, 4) is 11.4 Å². The summed E-state index contributed by atoms with van der Waals surface area (Å²) in [6, 6.07) is 7.63. The van der Waals surface area contributed by atoms with Gasteiger partial charge in [0.15, 0.2) is 0 Å². The molecule has 0 saturated carbocycles. The van der Waals surface area contributed by atoms with E-state index in [0.29, 0.717) is 0 Å². The van der Waals surface area contributed by atoms with Gasteiger partial charge in [-0.05, 0) is 39.0 Å². The highest BCUT2D eigenvalue weighted by molar-refractivity contribution is 5.75. The lowest BCUT2D eigenvalue weighted by Gasteiger charge is -2.42. The van der Waals surface area contributed by atoms with Gasteiger partial charge < -0.3 is 10.2 Å². The zero-order valence-electron chi connectivity index (χ0n) is 13.2. The van der Waals surface area contributed by atoms with E-state index in [-0.39, 0.29) is 17.7 Å². The molecule has 0 spiro atoms. The van der Waals surface area contributed by atoms with Crippen LogP contribution in [0.5, 0.6) is 0 Å². The minimum Gasteiger partial charge on any atom is -0.333 e. The van der Waals surface area contributed by atoms with E-state index >= 15 is 0 Å². The number of carbonyl (C=O) groups excluding carboxylic acids is 1. The summed E-state index contributed by atoms with van der Waals surface area (Å²) in [5.74, 6) is 0. The molecule has 3 heterocycles. The van der Waals surface area contributed by atoms with Crippen molar-refractivity contribution in [1.29, 1.82) is 0 Å². The number of amides is 2. The second kappa shape index (κ2) is 5.44. The van der Waals surface area contributed by atoms with Gasteiger partial charge in [-0.1, -0.05) is 6.07 Å². The number of urea groups is 1. The number of hydrogen-bond acceptors (Lipinski definition) is 3. The van der Waals surface area contributed by atoms with Crippen LogP contribution in [0.2, 0.25) is 0 Å². The van der Waals surface area contributed by atoms with Crippen molar-refractivity contribution in [2.45, 2.75) is 38.9 Å². The lowest BCUT2D eigenvalue weighted by molar-refractivity contribution is 0.0582. The summed E-state index contributed by atoms with van der Waals surface area (Å²) in [5, 5.41) is 7.56. The van der Waals surface area contributed by atoms with Gasteiger partial charge in [0, 0.05) is 30.9 Å². The van der Waals surface area contributed by atoms with Crippen LogP contribution in [0.15, 0.2) is 36.7 Å². The number of carbonyl (C=O) groups is 1. The molecular formula is C16H21N5O. The van der Waals surface area contributed by atoms with E-state index < -0.39 is 0 Å². The first kappa shape index (κ1) is 14.6. The quantitative estimate of drug-likeness (QED) is 0.927. The lowest BCUT2D eigenvalue weighted by Crippen LogP contribution is -2.56. The van der Waals surface area contributed by atoms with Crippen LogP contribution in [0.25, 0.3) is 11.4 Å². The molecule has 0 bridgehead atoms. The Morgan fingerprint density at radius 3 is 2.68 bits per heavy atom. The molecular weight excluding hydrogens is 278 g/mol. The average Bonchev–Trinajstić information content (AvgIpc) is 2.85. The molecule has 2 aromatic rings. The Hall–Kier alpha value is -2.37. The number of hydrogen-bond donors (Lipinski definition) is 1. The Morgan fingerprint density at radius 1 is 1.27 bits per heavy atom. The molecule has 2 aromatic heterocycles. The highest BCUT2D eigenvalue weighted by Crippen LogP contribution is 2.28.